The van der Waals surface area contributed by atoms with Gasteiger partial charge in [0.25, 0.3) is 0 Å². The Morgan fingerprint density at radius 2 is 1.81 bits per heavy atom. The molecule has 0 bridgehead atoms. The third-order valence-electron chi connectivity index (χ3n) is 6.72. The van der Waals surface area contributed by atoms with E-state index in [1.54, 1.807) is 17.5 Å². The van der Waals surface area contributed by atoms with E-state index >= 15 is 0 Å². The minimum absolute atomic E-state index is 0.0293. The van der Waals surface area contributed by atoms with E-state index < -0.39 is 11.6 Å². The van der Waals surface area contributed by atoms with Crippen molar-refractivity contribution in [2.75, 3.05) is 31.2 Å². The van der Waals surface area contributed by atoms with Crippen molar-refractivity contribution in [3.63, 3.8) is 0 Å². The minimum atomic E-state index is -0.578. The van der Waals surface area contributed by atoms with E-state index in [0.717, 1.165) is 73.4 Å². The maximum absolute atomic E-state index is 14.2. The van der Waals surface area contributed by atoms with E-state index in [1.165, 1.54) is 29.5 Å². The number of hydrogen-bond donors (Lipinski definition) is 0. The zero-order valence-corrected chi connectivity index (χ0v) is 21.9. The van der Waals surface area contributed by atoms with Crippen molar-refractivity contribution in [2.24, 2.45) is 5.92 Å². The summed E-state index contributed by atoms with van der Waals surface area (Å²) in [5.74, 6) is 0.247. The summed E-state index contributed by atoms with van der Waals surface area (Å²) in [4.78, 5) is 4.79. The first-order valence-corrected chi connectivity index (χ1v) is 13.4. The molecule has 0 amide bonds. The highest BCUT2D eigenvalue weighted by molar-refractivity contribution is 8.00. The highest BCUT2D eigenvalue weighted by Gasteiger charge is 2.20. The van der Waals surface area contributed by atoms with Gasteiger partial charge in [0.05, 0.1) is 18.5 Å². The van der Waals surface area contributed by atoms with Crippen LogP contribution in [-0.4, -0.2) is 36.4 Å². The standard InChI is InChI=1S/C29H31F2N3O2S/c1-3-36-25-9-7-20(8-10-25)15-23-16-22-17-24(33(2)37-28-26(30)5-4-6-27(28)31)18-32-29(22)34(23)19-21-11-13-35-14-12-21/h4-10,16-18,21H,3,11-15,19H2,1-2H3. The molecule has 4 aromatic rings. The van der Waals surface area contributed by atoms with Gasteiger partial charge in [-0.05, 0) is 79.6 Å². The van der Waals surface area contributed by atoms with Crippen molar-refractivity contribution in [2.45, 2.75) is 37.6 Å². The lowest BCUT2D eigenvalue weighted by molar-refractivity contribution is 0.0614. The smallest absolute Gasteiger partial charge is 0.141 e. The van der Waals surface area contributed by atoms with Crippen LogP contribution in [0.3, 0.4) is 0 Å². The van der Waals surface area contributed by atoms with Crippen molar-refractivity contribution >= 4 is 28.7 Å². The number of nitrogens with zero attached hydrogens (tertiary/aromatic N) is 3. The van der Waals surface area contributed by atoms with Gasteiger partial charge in [-0.2, -0.15) is 0 Å². The number of benzene rings is 2. The minimum Gasteiger partial charge on any atom is -0.494 e. The molecule has 3 heterocycles. The van der Waals surface area contributed by atoms with Crippen molar-refractivity contribution in [1.29, 1.82) is 0 Å². The Bertz CT molecular complexity index is 1330. The summed E-state index contributed by atoms with van der Waals surface area (Å²) in [6.07, 6.45) is 4.61. The Labute approximate surface area is 220 Å². The van der Waals surface area contributed by atoms with Gasteiger partial charge in [0.1, 0.15) is 27.9 Å². The van der Waals surface area contributed by atoms with E-state index in [9.17, 15) is 8.78 Å². The van der Waals surface area contributed by atoms with E-state index in [4.69, 9.17) is 14.5 Å². The van der Waals surface area contributed by atoms with Crippen molar-refractivity contribution in [3.8, 4) is 5.75 Å². The molecule has 0 atom stereocenters. The molecule has 1 aliphatic rings. The first kappa shape index (κ1) is 25.5. The van der Waals surface area contributed by atoms with Crippen LogP contribution in [0.25, 0.3) is 11.0 Å². The molecule has 0 spiro atoms. The number of pyridine rings is 1. The monoisotopic (exact) mass is 523 g/mol. The van der Waals surface area contributed by atoms with Crippen molar-refractivity contribution < 1.29 is 18.3 Å². The topological polar surface area (TPSA) is 39.5 Å². The summed E-state index contributed by atoms with van der Waals surface area (Å²) < 4.78 is 43.7. The van der Waals surface area contributed by atoms with Crippen LogP contribution in [-0.2, 0) is 17.7 Å². The molecule has 5 rings (SSSR count). The van der Waals surface area contributed by atoms with Crippen LogP contribution in [0.5, 0.6) is 5.75 Å². The molecule has 1 fully saturated rings. The van der Waals surface area contributed by atoms with Gasteiger partial charge in [0.2, 0.25) is 0 Å². The number of hydrogen-bond acceptors (Lipinski definition) is 5. The second kappa shape index (κ2) is 11.5. The molecular formula is C29H31F2N3O2S. The van der Waals surface area contributed by atoms with Crippen LogP contribution >= 0.6 is 11.9 Å². The van der Waals surface area contributed by atoms with Crippen LogP contribution in [0.2, 0.25) is 0 Å². The van der Waals surface area contributed by atoms with Gasteiger partial charge in [-0.15, -0.1) is 0 Å². The fourth-order valence-electron chi connectivity index (χ4n) is 4.74. The van der Waals surface area contributed by atoms with Gasteiger partial charge in [-0.1, -0.05) is 18.2 Å². The maximum Gasteiger partial charge on any atom is 0.141 e. The Morgan fingerprint density at radius 1 is 1.08 bits per heavy atom. The summed E-state index contributed by atoms with van der Waals surface area (Å²) >= 11 is 1.02. The molecule has 0 radical (unpaired) electrons. The normalized spacial score (nSPS) is 14.3. The van der Waals surface area contributed by atoms with E-state index in [1.807, 2.05) is 25.1 Å². The van der Waals surface area contributed by atoms with E-state index in [0.29, 0.717) is 12.5 Å². The van der Waals surface area contributed by atoms with Crippen LogP contribution in [0, 0.1) is 17.6 Å². The molecule has 194 valence electrons. The molecule has 5 nitrogen and oxygen atoms in total. The molecule has 37 heavy (non-hydrogen) atoms. The van der Waals surface area contributed by atoms with Crippen LogP contribution < -0.4 is 9.04 Å². The number of halogens is 2. The molecule has 1 saturated heterocycles. The third kappa shape index (κ3) is 5.91. The molecule has 2 aromatic carbocycles. The Kier molecular flexibility index (Phi) is 7.96. The number of ether oxygens (including phenoxy) is 2. The lowest BCUT2D eigenvalue weighted by Crippen LogP contribution is -2.21. The highest BCUT2D eigenvalue weighted by Crippen LogP contribution is 2.33. The van der Waals surface area contributed by atoms with E-state index in [-0.39, 0.29) is 4.90 Å². The Morgan fingerprint density at radius 3 is 2.51 bits per heavy atom. The predicted octanol–water partition coefficient (Wildman–Crippen LogP) is 6.87. The summed E-state index contributed by atoms with van der Waals surface area (Å²) in [5, 5.41) is 1.01. The maximum atomic E-state index is 14.2. The van der Waals surface area contributed by atoms with Gasteiger partial charge in [-0.3, -0.25) is 0 Å². The van der Waals surface area contributed by atoms with Crippen LogP contribution in [0.1, 0.15) is 31.0 Å². The summed E-state index contributed by atoms with van der Waals surface area (Å²) in [5.41, 5.74) is 4.08. The number of aromatic nitrogens is 2. The van der Waals surface area contributed by atoms with Crippen LogP contribution in [0.15, 0.2) is 65.7 Å². The molecule has 0 saturated carbocycles. The number of anilines is 1. The summed E-state index contributed by atoms with van der Waals surface area (Å²) in [6.45, 7) is 5.10. The largest absolute Gasteiger partial charge is 0.494 e. The van der Waals surface area contributed by atoms with Gasteiger partial charge in [0, 0.05) is 44.3 Å². The lowest BCUT2D eigenvalue weighted by atomic mass is 10.00. The molecule has 0 N–H and O–H groups in total. The van der Waals surface area contributed by atoms with Gasteiger partial charge < -0.3 is 18.3 Å². The van der Waals surface area contributed by atoms with Gasteiger partial charge in [-0.25, -0.2) is 13.8 Å². The Hall–Kier alpha value is -3.10. The molecular weight excluding hydrogens is 492 g/mol. The van der Waals surface area contributed by atoms with Gasteiger partial charge in [0.15, 0.2) is 0 Å². The molecule has 2 aromatic heterocycles. The molecule has 0 aliphatic carbocycles. The quantitative estimate of drug-likeness (QED) is 0.224. The molecule has 0 unspecified atom stereocenters. The average molecular weight is 524 g/mol. The summed E-state index contributed by atoms with van der Waals surface area (Å²) in [7, 11) is 1.79. The van der Waals surface area contributed by atoms with Crippen LogP contribution in [0.4, 0.5) is 14.5 Å². The fourth-order valence-corrected chi connectivity index (χ4v) is 5.53. The fraction of sp³-hybridized carbons (Fsp3) is 0.345. The second-order valence-corrected chi connectivity index (χ2v) is 10.4. The lowest BCUT2D eigenvalue weighted by Gasteiger charge is -2.24. The zero-order valence-electron chi connectivity index (χ0n) is 21.1. The molecule has 1 aliphatic heterocycles. The third-order valence-corrected chi connectivity index (χ3v) is 7.77. The first-order valence-electron chi connectivity index (χ1n) is 12.6. The second-order valence-electron chi connectivity index (χ2n) is 9.30. The number of rotatable bonds is 9. The average Bonchev–Trinajstić information content (AvgIpc) is 3.24. The predicted molar refractivity (Wildman–Crippen MR) is 144 cm³/mol. The Balaban J connectivity index is 1.45. The molecule has 8 heteroatoms. The van der Waals surface area contributed by atoms with Crippen molar-refractivity contribution in [3.05, 3.63) is 83.7 Å². The van der Waals surface area contributed by atoms with Crippen molar-refractivity contribution in [1.82, 2.24) is 9.55 Å². The van der Waals surface area contributed by atoms with Gasteiger partial charge >= 0.3 is 0 Å². The first-order chi connectivity index (χ1) is 18.0. The zero-order chi connectivity index (χ0) is 25.8. The highest BCUT2D eigenvalue weighted by atomic mass is 32.2. The summed E-state index contributed by atoms with van der Waals surface area (Å²) in [6, 6.07) is 16.4. The van der Waals surface area contributed by atoms with E-state index in [2.05, 4.69) is 22.8 Å². The SMILES string of the molecule is CCOc1ccc(Cc2cc3cc(N(C)Sc4c(F)cccc4F)cnc3n2CC2CCOCC2)cc1. The number of fused-ring (bicyclic) bond motifs is 1.